The van der Waals surface area contributed by atoms with E-state index in [0.29, 0.717) is 5.92 Å². The Kier molecular flexibility index (Phi) is 5.57. The topological polar surface area (TPSA) is 68.4 Å². The molecule has 7 heteroatoms. The maximum absolute atomic E-state index is 14.1. The second-order valence-corrected chi connectivity index (χ2v) is 9.93. The molecule has 6 rings (SSSR count). The van der Waals surface area contributed by atoms with Gasteiger partial charge in [0.05, 0.1) is 17.3 Å². The summed E-state index contributed by atoms with van der Waals surface area (Å²) in [5, 5.41) is 7.60. The molecule has 1 unspecified atom stereocenters. The van der Waals surface area contributed by atoms with Gasteiger partial charge in [0.2, 0.25) is 0 Å². The van der Waals surface area contributed by atoms with E-state index in [9.17, 15) is 4.79 Å². The zero-order valence-corrected chi connectivity index (χ0v) is 19.8. The first kappa shape index (κ1) is 21.4. The normalized spacial score (nSPS) is 21.3. The number of amides is 1. The lowest BCUT2D eigenvalue weighted by Gasteiger charge is -2.41. The first-order chi connectivity index (χ1) is 16.7. The molecule has 2 saturated heterocycles. The van der Waals surface area contributed by atoms with Crippen LogP contribution in [0.3, 0.4) is 0 Å². The fourth-order valence-corrected chi connectivity index (χ4v) is 5.29. The van der Waals surface area contributed by atoms with E-state index in [4.69, 9.17) is 4.98 Å². The molecule has 1 aromatic heterocycles. The molecular weight excluding hydrogens is 424 g/mol. The van der Waals surface area contributed by atoms with Gasteiger partial charge < -0.3 is 14.7 Å². The molecule has 34 heavy (non-hydrogen) atoms. The monoisotopic (exact) mass is 456 g/mol. The highest BCUT2D eigenvalue weighted by Gasteiger charge is 2.33. The van der Waals surface area contributed by atoms with Crippen molar-refractivity contribution in [3.8, 4) is 11.4 Å². The van der Waals surface area contributed by atoms with Crippen LogP contribution < -0.4 is 4.90 Å². The van der Waals surface area contributed by atoms with Gasteiger partial charge in [-0.05, 0) is 50.4 Å². The Morgan fingerprint density at radius 2 is 1.79 bits per heavy atom. The van der Waals surface area contributed by atoms with Crippen molar-refractivity contribution in [3.63, 3.8) is 0 Å². The molecule has 3 fully saturated rings. The molecular formula is C27H32N6O. The van der Waals surface area contributed by atoms with Gasteiger partial charge in [0.1, 0.15) is 5.82 Å². The van der Waals surface area contributed by atoms with Gasteiger partial charge in [-0.1, -0.05) is 36.4 Å². The van der Waals surface area contributed by atoms with Gasteiger partial charge in [-0.2, -0.15) is 5.10 Å². The predicted molar refractivity (Wildman–Crippen MR) is 133 cm³/mol. The third-order valence-corrected chi connectivity index (χ3v) is 7.43. The van der Waals surface area contributed by atoms with Crippen molar-refractivity contribution < 1.29 is 4.79 Å². The molecule has 3 heterocycles. The molecule has 1 atom stereocenters. The van der Waals surface area contributed by atoms with Crippen LogP contribution in [0, 0.1) is 0 Å². The van der Waals surface area contributed by atoms with E-state index in [1.807, 2.05) is 18.2 Å². The number of aromatic nitrogens is 3. The quantitative estimate of drug-likeness (QED) is 0.627. The van der Waals surface area contributed by atoms with Crippen molar-refractivity contribution >= 4 is 11.6 Å². The second-order valence-electron chi connectivity index (χ2n) is 9.93. The number of rotatable bonds is 5. The number of carbonyl (C=O) groups is 1. The van der Waals surface area contributed by atoms with E-state index >= 15 is 0 Å². The molecule has 0 bridgehead atoms. The van der Waals surface area contributed by atoms with Crippen LogP contribution in [0.5, 0.6) is 0 Å². The SMILES string of the molecule is CN1CCN(C(=O)c2ccc(-c3n[nH]c(C4CC4)n3)cc2N2CCCC2)C(c2ccccc2)C1. The van der Waals surface area contributed by atoms with Gasteiger partial charge in [0.25, 0.3) is 5.91 Å². The molecule has 7 nitrogen and oxygen atoms in total. The lowest BCUT2D eigenvalue weighted by molar-refractivity contribution is 0.0498. The zero-order valence-electron chi connectivity index (χ0n) is 19.8. The van der Waals surface area contributed by atoms with E-state index in [1.165, 1.54) is 18.4 Å². The van der Waals surface area contributed by atoms with Crippen LogP contribution in [0.15, 0.2) is 48.5 Å². The molecule has 0 radical (unpaired) electrons. The molecule has 176 valence electrons. The fraction of sp³-hybridized carbons (Fsp3) is 0.444. The summed E-state index contributed by atoms with van der Waals surface area (Å²) in [6.07, 6.45) is 4.69. The van der Waals surface area contributed by atoms with Crippen molar-refractivity contribution in [1.82, 2.24) is 25.0 Å². The Morgan fingerprint density at radius 3 is 2.56 bits per heavy atom. The average Bonchev–Trinajstić information content (AvgIpc) is 3.36. The van der Waals surface area contributed by atoms with E-state index in [1.54, 1.807) is 0 Å². The lowest BCUT2D eigenvalue weighted by Crippen LogP contribution is -2.49. The van der Waals surface area contributed by atoms with Crippen LogP contribution in [0.25, 0.3) is 11.4 Å². The second kappa shape index (κ2) is 8.87. The van der Waals surface area contributed by atoms with E-state index in [2.05, 4.69) is 62.3 Å². The third kappa shape index (κ3) is 4.09. The highest BCUT2D eigenvalue weighted by atomic mass is 16.2. The number of carbonyl (C=O) groups excluding carboxylic acids is 1. The first-order valence-corrected chi connectivity index (χ1v) is 12.5. The summed E-state index contributed by atoms with van der Waals surface area (Å²) in [4.78, 5) is 25.6. The van der Waals surface area contributed by atoms with Crippen LogP contribution in [-0.2, 0) is 0 Å². The number of likely N-dealkylation sites (N-methyl/N-ethyl adjacent to an activating group) is 1. The number of H-pyrrole nitrogens is 1. The highest BCUT2D eigenvalue weighted by Crippen LogP contribution is 2.39. The summed E-state index contributed by atoms with van der Waals surface area (Å²) < 4.78 is 0. The third-order valence-electron chi connectivity index (χ3n) is 7.43. The van der Waals surface area contributed by atoms with Crippen LogP contribution >= 0.6 is 0 Å². The number of aromatic amines is 1. The Hall–Kier alpha value is -3.19. The molecule has 0 spiro atoms. The summed E-state index contributed by atoms with van der Waals surface area (Å²) in [6.45, 7) is 4.41. The minimum Gasteiger partial charge on any atom is -0.371 e. The molecule has 1 aliphatic carbocycles. The first-order valence-electron chi connectivity index (χ1n) is 12.5. The smallest absolute Gasteiger partial charge is 0.256 e. The fourth-order valence-electron chi connectivity index (χ4n) is 5.29. The maximum atomic E-state index is 14.1. The summed E-state index contributed by atoms with van der Waals surface area (Å²) in [6, 6.07) is 16.6. The van der Waals surface area contributed by atoms with Crippen molar-refractivity contribution in [3.05, 3.63) is 65.5 Å². The number of hydrogen-bond acceptors (Lipinski definition) is 5. The van der Waals surface area contributed by atoms with Crippen molar-refractivity contribution in [1.29, 1.82) is 0 Å². The molecule has 3 aliphatic rings. The largest absolute Gasteiger partial charge is 0.371 e. The van der Waals surface area contributed by atoms with E-state index < -0.39 is 0 Å². The summed E-state index contributed by atoms with van der Waals surface area (Å²) in [5.41, 5.74) is 3.97. The summed E-state index contributed by atoms with van der Waals surface area (Å²) in [7, 11) is 2.13. The Labute approximate surface area is 200 Å². The molecule has 3 aromatic rings. The molecule has 2 aromatic carbocycles. The standard InChI is InChI=1S/C27H32N6O/c1-31-15-16-33(24(18-31)19-7-3-2-4-8-19)27(34)22-12-11-21(17-23(22)32-13-5-6-14-32)26-28-25(29-30-26)20-9-10-20/h2-4,7-8,11-12,17,20,24H,5-6,9-10,13-16,18H2,1H3,(H,28,29,30). The number of anilines is 1. The summed E-state index contributed by atoms with van der Waals surface area (Å²) in [5.74, 6) is 2.36. The van der Waals surface area contributed by atoms with Gasteiger partial charge >= 0.3 is 0 Å². The summed E-state index contributed by atoms with van der Waals surface area (Å²) >= 11 is 0. The highest BCUT2D eigenvalue weighted by molar-refractivity contribution is 6.01. The number of hydrogen-bond donors (Lipinski definition) is 1. The van der Waals surface area contributed by atoms with Crippen molar-refractivity contribution in [2.75, 3.05) is 44.7 Å². The van der Waals surface area contributed by atoms with Gasteiger partial charge in [-0.15, -0.1) is 0 Å². The van der Waals surface area contributed by atoms with Gasteiger partial charge in [0.15, 0.2) is 5.82 Å². The number of nitrogens with one attached hydrogen (secondary N) is 1. The van der Waals surface area contributed by atoms with Crippen LogP contribution in [0.2, 0.25) is 0 Å². The average molecular weight is 457 g/mol. The Morgan fingerprint density at radius 1 is 1.00 bits per heavy atom. The van der Waals surface area contributed by atoms with Crippen LogP contribution in [-0.4, -0.2) is 70.7 Å². The van der Waals surface area contributed by atoms with Gasteiger partial charge in [-0.25, -0.2) is 4.98 Å². The molecule has 1 amide bonds. The van der Waals surface area contributed by atoms with E-state index in [-0.39, 0.29) is 11.9 Å². The van der Waals surface area contributed by atoms with Crippen LogP contribution in [0.4, 0.5) is 5.69 Å². The van der Waals surface area contributed by atoms with Gasteiger partial charge in [0, 0.05) is 44.2 Å². The molecule has 2 aliphatic heterocycles. The molecule has 1 N–H and O–H groups in total. The maximum Gasteiger partial charge on any atom is 0.256 e. The minimum atomic E-state index is 0.0488. The van der Waals surface area contributed by atoms with Crippen LogP contribution in [0.1, 0.15) is 59.4 Å². The zero-order chi connectivity index (χ0) is 23.1. The Bertz CT molecular complexity index is 1160. The molecule has 1 saturated carbocycles. The lowest BCUT2D eigenvalue weighted by atomic mass is 10.00. The number of piperazine rings is 1. The van der Waals surface area contributed by atoms with Crippen molar-refractivity contribution in [2.45, 2.75) is 37.6 Å². The van der Waals surface area contributed by atoms with Gasteiger partial charge in [-0.3, -0.25) is 9.89 Å². The number of benzene rings is 2. The number of nitrogens with zero attached hydrogens (tertiary/aromatic N) is 5. The predicted octanol–water partition coefficient (Wildman–Crippen LogP) is 4.08. The minimum absolute atomic E-state index is 0.0488. The van der Waals surface area contributed by atoms with Crippen molar-refractivity contribution in [2.24, 2.45) is 0 Å². The Balaban J connectivity index is 1.35. The van der Waals surface area contributed by atoms with E-state index in [0.717, 1.165) is 74.0 Å².